The second-order valence-corrected chi connectivity index (χ2v) is 5.16. The van der Waals surface area contributed by atoms with Crippen LogP contribution < -0.4 is 0 Å². The van der Waals surface area contributed by atoms with Crippen LogP contribution in [0.4, 0.5) is 0 Å². The van der Waals surface area contributed by atoms with Crippen LogP contribution in [0.3, 0.4) is 0 Å². The number of carbonyl (C=O) groups excluding carboxylic acids is 1. The molecule has 1 unspecified atom stereocenters. The zero-order valence-electron chi connectivity index (χ0n) is 8.76. The molecule has 17 heavy (non-hydrogen) atoms. The number of carbonyl (C=O) groups is 1. The molecule has 0 bridgehead atoms. The molecule has 1 atom stereocenters. The Morgan fingerprint density at radius 3 is 2.47 bits per heavy atom. The molecule has 0 amide bonds. The summed E-state index contributed by atoms with van der Waals surface area (Å²) >= 11 is 6.98. The van der Waals surface area contributed by atoms with E-state index in [2.05, 4.69) is 0 Å². The van der Waals surface area contributed by atoms with Gasteiger partial charge < -0.3 is 0 Å². The van der Waals surface area contributed by atoms with E-state index in [0.29, 0.717) is 14.8 Å². The Labute approximate surface area is 108 Å². The lowest BCUT2D eigenvalue weighted by atomic mass is 9.95. The zero-order valence-corrected chi connectivity index (χ0v) is 10.3. The van der Waals surface area contributed by atoms with Gasteiger partial charge in [0.05, 0.1) is 15.3 Å². The highest BCUT2D eigenvalue weighted by atomic mass is 35.5. The maximum atomic E-state index is 12.1. The molecule has 0 aliphatic heterocycles. The van der Waals surface area contributed by atoms with Gasteiger partial charge in [-0.2, -0.15) is 5.26 Å². The van der Waals surface area contributed by atoms with Crippen LogP contribution in [-0.4, -0.2) is 5.78 Å². The molecule has 0 fully saturated rings. The van der Waals surface area contributed by atoms with Crippen LogP contribution >= 0.6 is 22.9 Å². The molecular weight excluding hydrogens is 254 g/mol. The summed E-state index contributed by atoms with van der Waals surface area (Å²) in [5, 5.41) is 9.12. The largest absolute Gasteiger partial charge is 0.291 e. The minimum absolute atomic E-state index is 0.199. The van der Waals surface area contributed by atoms with E-state index in [1.54, 1.807) is 24.3 Å². The van der Waals surface area contributed by atoms with E-state index >= 15 is 0 Å². The summed E-state index contributed by atoms with van der Waals surface area (Å²) in [5.41, 5.74) is 0.713. The zero-order chi connectivity index (χ0) is 12.3. The van der Waals surface area contributed by atoms with Crippen molar-refractivity contribution in [2.45, 2.75) is 5.92 Å². The lowest BCUT2D eigenvalue weighted by Gasteiger charge is -2.06. The van der Waals surface area contributed by atoms with E-state index in [9.17, 15) is 4.79 Å². The fourth-order valence-corrected chi connectivity index (χ4v) is 2.53. The summed E-state index contributed by atoms with van der Waals surface area (Å²) in [5.74, 6) is -0.957. The van der Waals surface area contributed by atoms with Gasteiger partial charge in [0.25, 0.3) is 0 Å². The third-order valence-electron chi connectivity index (χ3n) is 2.34. The van der Waals surface area contributed by atoms with Crippen molar-refractivity contribution < 1.29 is 4.79 Å². The molecule has 0 saturated heterocycles. The van der Waals surface area contributed by atoms with Gasteiger partial charge in [-0.15, -0.1) is 11.3 Å². The van der Waals surface area contributed by atoms with E-state index in [1.165, 1.54) is 11.3 Å². The molecule has 0 radical (unpaired) electrons. The van der Waals surface area contributed by atoms with Crippen molar-refractivity contribution in [1.82, 2.24) is 0 Å². The van der Waals surface area contributed by atoms with Gasteiger partial charge in [-0.3, -0.25) is 4.79 Å². The first-order valence-corrected chi connectivity index (χ1v) is 6.16. The number of nitriles is 1. The Bertz CT molecular complexity index is 571. The van der Waals surface area contributed by atoms with Crippen molar-refractivity contribution in [2.24, 2.45) is 0 Å². The van der Waals surface area contributed by atoms with Crippen molar-refractivity contribution in [1.29, 1.82) is 5.26 Å². The lowest BCUT2D eigenvalue weighted by molar-refractivity contribution is 0.0983. The van der Waals surface area contributed by atoms with Crippen LogP contribution in [0.2, 0.25) is 4.34 Å². The Kier molecular flexibility index (Phi) is 3.58. The van der Waals surface area contributed by atoms with Crippen LogP contribution in [0.1, 0.15) is 21.2 Å². The molecule has 0 aliphatic carbocycles. The number of nitrogens with zero attached hydrogens (tertiary/aromatic N) is 1. The van der Waals surface area contributed by atoms with Gasteiger partial charge in [-0.25, -0.2) is 0 Å². The number of hydrogen-bond donors (Lipinski definition) is 0. The van der Waals surface area contributed by atoms with Crippen LogP contribution in [0.25, 0.3) is 0 Å². The molecule has 2 rings (SSSR count). The standard InChI is InChI=1S/C13H8ClNOS/c14-12-7-6-11(17-12)13(16)10(8-15)9-4-2-1-3-5-9/h1-7,10H. The number of hydrogen-bond acceptors (Lipinski definition) is 3. The van der Waals surface area contributed by atoms with Gasteiger partial charge >= 0.3 is 0 Å². The van der Waals surface area contributed by atoms with Crippen LogP contribution in [-0.2, 0) is 0 Å². The molecule has 2 nitrogen and oxygen atoms in total. The predicted octanol–water partition coefficient (Wildman–Crippen LogP) is 3.89. The minimum Gasteiger partial charge on any atom is -0.291 e. The molecule has 4 heteroatoms. The molecule has 0 aliphatic rings. The highest BCUT2D eigenvalue weighted by Gasteiger charge is 2.22. The summed E-state index contributed by atoms with van der Waals surface area (Å²) in [6.07, 6.45) is 0. The molecule has 0 spiro atoms. The first-order chi connectivity index (χ1) is 8.22. The molecular formula is C13H8ClNOS. The van der Waals surface area contributed by atoms with E-state index in [4.69, 9.17) is 16.9 Å². The van der Waals surface area contributed by atoms with Crippen molar-refractivity contribution in [3.05, 3.63) is 57.2 Å². The first kappa shape index (κ1) is 11.8. The van der Waals surface area contributed by atoms with Crippen molar-refractivity contribution in [3.63, 3.8) is 0 Å². The number of ketones is 1. The van der Waals surface area contributed by atoms with Gasteiger partial charge in [0, 0.05) is 0 Å². The van der Waals surface area contributed by atoms with Gasteiger partial charge in [-0.05, 0) is 17.7 Å². The quantitative estimate of drug-likeness (QED) is 0.787. The fourth-order valence-electron chi connectivity index (χ4n) is 1.52. The molecule has 2 aromatic rings. The maximum absolute atomic E-state index is 12.1. The van der Waals surface area contributed by atoms with E-state index in [1.807, 2.05) is 24.3 Å². The number of halogens is 1. The summed E-state index contributed by atoms with van der Waals surface area (Å²) < 4.78 is 0.554. The second-order valence-electron chi connectivity index (χ2n) is 3.44. The molecule has 1 aromatic heterocycles. The lowest BCUT2D eigenvalue weighted by Crippen LogP contribution is -2.09. The van der Waals surface area contributed by atoms with E-state index < -0.39 is 5.92 Å². The summed E-state index contributed by atoms with van der Waals surface area (Å²) in [4.78, 5) is 12.6. The number of Topliss-reactive ketones (excluding diaryl/α,β-unsaturated/α-hetero) is 1. The number of rotatable bonds is 3. The Hall–Kier alpha value is -1.63. The average Bonchev–Trinajstić information content (AvgIpc) is 2.78. The van der Waals surface area contributed by atoms with Gasteiger partial charge in [-0.1, -0.05) is 41.9 Å². The van der Waals surface area contributed by atoms with Crippen molar-refractivity contribution >= 4 is 28.7 Å². The van der Waals surface area contributed by atoms with Crippen molar-refractivity contribution in [2.75, 3.05) is 0 Å². The minimum atomic E-state index is -0.758. The SMILES string of the molecule is N#CC(C(=O)c1ccc(Cl)s1)c1ccccc1. The second kappa shape index (κ2) is 5.13. The molecule has 1 aromatic carbocycles. The third kappa shape index (κ3) is 2.55. The molecule has 1 heterocycles. The van der Waals surface area contributed by atoms with Crippen LogP contribution in [0.15, 0.2) is 42.5 Å². The number of benzene rings is 1. The highest BCUT2D eigenvalue weighted by molar-refractivity contribution is 7.18. The monoisotopic (exact) mass is 261 g/mol. The number of thiophene rings is 1. The smallest absolute Gasteiger partial charge is 0.194 e. The Morgan fingerprint density at radius 1 is 1.24 bits per heavy atom. The topological polar surface area (TPSA) is 40.9 Å². The van der Waals surface area contributed by atoms with E-state index in [0.717, 1.165) is 0 Å². The van der Waals surface area contributed by atoms with Crippen LogP contribution in [0, 0.1) is 11.3 Å². The highest BCUT2D eigenvalue weighted by Crippen LogP contribution is 2.27. The van der Waals surface area contributed by atoms with Gasteiger partial charge in [0.1, 0.15) is 5.92 Å². The maximum Gasteiger partial charge on any atom is 0.194 e. The van der Waals surface area contributed by atoms with Gasteiger partial charge in [0.2, 0.25) is 0 Å². The summed E-state index contributed by atoms with van der Waals surface area (Å²) in [6.45, 7) is 0. The Morgan fingerprint density at radius 2 is 1.94 bits per heavy atom. The third-order valence-corrected chi connectivity index (χ3v) is 3.59. The van der Waals surface area contributed by atoms with Crippen LogP contribution in [0.5, 0.6) is 0 Å². The molecule has 84 valence electrons. The predicted molar refractivity (Wildman–Crippen MR) is 68.5 cm³/mol. The van der Waals surface area contributed by atoms with Crippen molar-refractivity contribution in [3.8, 4) is 6.07 Å². The summed E-state index contributed by atoms with van der Waals surface area (Å²) in [7, 11) is 0. The average molecular weight is 262 g/mol. The summed E-state index contributed by atoms with van der Waals surface area (Å²) in [6, 6.07) is 14.4. The van der Waals surface area contributed by atoms with E-state index in [-0.39, 0.29) is 5.78 Å². The normalized spacial score (nSPS) is 11.8. The van der Waals surface area contributed by atoms with Gasteiger partial charge in [0.15, 0.2) is 5.78 Å². The Balaban J connectivity index is 2.32. The molecule has 0 N–H and O–H groups in total. The first-order valence-electron chi connectivity index (χ1n) is 4.96. The molecule has 0 saturated carbocycles. The fraction of sp³-hybridized carbons (Fsp3) is 0.0769.